The predicted octanol–water partition coefficient (Wildman–Crippen LogP) is 2.89. The Bertz CT molecular complexity index is 91.9. The molecule has 2 heteroatoms. The lowest BCUT2D eigenvalue weighted by Crippen LogP contribution is -2.25. The average Bonchev–Trinajstić information content (AvgIpc) is 1.89. The van der Waals surface area contributed by atoms with Crippen molar-refractivity contribution in [3.8, 4) is 0 Å². The van der Waals surface area contributed by atoms with Crippen LogP contribution < -0.4 is 0 Å². The normalized spacial score (nSPS) is 24.6. The van der Waals surface area contributed by atoms with E-state index in [1.165, 1.54) is 32.1 Å². The molecule has 59 valence electrons. The van der Waals surface area contributed by atoms with Gasteiger partial charge in [-0.25, -0.2) is 0 Å². The summed E-state index contributed by atoms with van der Waals surface area (Å²) in [5.74, 6) is 0. The Hall–Kier alpha value is 0.440. The van der Waals surface area contributed by atoms with Crippen molar-refractivity contribution < 1.29 is 4.74 Å². The van der Waals surface area contributed by atoms with Crippen LogP contribution in [-0.4, -0.2) is 11.4 Å². The zero-order valence-corrected chi connectivity index (χ0v) is 7.99. The Morgan fingerprint density at radius 3 is 2.40 bits per heavy atom. The van der Waals surface area contributed by atoms with E-state index in [-0.39, 0.29) is 4.32 Å². The SMILES string of the molecule is CO[CH]C1(Br)CCCCC1. The van der Waals surface area contributed by atoms with Crippen molar-refractivity contribution in [2.45, 2.75) is 36.4 Å². The standard InChI is InChI=1S/C8H14BrO/c1-10-7-8(9)5-3-2-4-6-8/h7H,2-6H2,1H3. The molecule has 0 spiro atoms. The molecular formula is C8H14BrO. The molecule has 1 rings (SSSR count). The van der Waals surface area contributed by atoms with Crippen LogP contribution in [0, 0.1) is 6.61 Å². The van der Waals surface area contributed by atoms with Crippen LogP contribution in [0.15, 0.2) is 0 Å². The summed E-state index contributed by atoms with van der Waals surface area (Å²) in [6, 6.07) is 0. The van der Waals surface area contributed by atoms with Gasteiger partial charge in [0.05, 0.1) is 10.9 Å². The summed E-state index contributed by atoms with van der Waals surface area (Å²) >= 11 is 3.68. The second-order valence-corrected chi connectivity index (χ2v) is 4.53. The van der Waals surface area contributed by atoms with E-state index in [1.807, 2.05) is 6.61 Å². The lowest BCUT2D eigenvalue weighted by molar-refractivity contribution is 0.221. The Kier molecular flexibility index (Phi) is 3.18. The number of methoxy groups -OCH3 is 1. The maximum absolute atomic E-state index is 5.01. The topological polar surface area (TPSA) is 9.23 Å². The van der Waals surface area contributed by atoms with Crippen LogP contribution in [0.25, 0.3) is 0 Å². The van der Waals surface area contributed by atoms with Gasteiger partial charge in [-0.1, -0.05) is 35.2 Å². The summed E-state index contributed by atoms with van der Waals surface area (Å²) in [5.41, 5.74) is 0. The molecule has 0 atom stereocenters. The van der Waals surface area contributed by atoms with E-state index in [0.717, 1.165) is 0 Å². The van der Waals surface area contributed by atoms with E-state index < -0.39 is 0 Å². The molecule has 0 amide bonds. The van der Waals surface area contributed by atoms with Gasteiger partial charge in [0.1, 0.15) is 0 Å². The fourth-order valence-electron chi connectivity index (χ4n) is 1.47. The summed E-state index contributed by atoms with van der Waals surface area (Å²) in [6.07, 6.45) is 6.48. The van der Waals surface area contributed by atoms with Crippen LogP contribution in [0.3, 0.4) is 0 Å². The Morgan fingerprint density at radius 2 is 1.90 bits per heavy atom. The first kappa shape index (κ1) is 8.54. The third kappa shape index (κ3) is 2.24. The highest BCUT2D eigenvalue weighted by atomic mass is 79.9. The highest BCUT2D eigenvalue weighted by Crippen LogP contribution is 2.37. The molecule has 0 saturated heterocycles. The third-order valence-corrected chi connectivity index (χ3v) is 2.99. The van der Waals surface area contributed by atoms with Gasteiger partial charge in [0.25, 0.3) is 0 Å². The number of halogens is 1. The maximum atomic E-state index is 5.01. The smallest absolute Gasteiger partial charge is 0.0999 e. The van der Waals surface area contributed by atoms with Crippen molar-refractivity contribution in [2.75, 3.05) is 7.11 Å². The van der Waals surface area contributed by atoms with Gasteiger partial charge in [0, 0.05) is 7.11 Å². The number of ether oxygens (including phenoxy) is 1. The third-order valence-electron chi connectivity index (χ3n) is 2.01. The summed E-state index contributed by atoms with van der Waals surface area (Å²) in [6.45, 7) is 1.92. The lowest BCUT2D eigenvalue weighted by atomic mass is 9.90. The molecule has 0 unspecified atom stereocenters. The lowest BCUT2D eigenvalue weighted by Gasteiger charge is -2.29. The molecule has 1 saturated carbocycles. The summed E-state index contributed by atoms with van der Waals surface area (Å²) in [5, 5.41) is 0. The molecule has 1 radical (unpaired) electrons. The largest absolute Gasteiger partial charge is 0.377 e. The second kappa shape index (κ2) is 3.72. The highest BCUT2D eigenvalue weighted by Gasteiger charge is 2.28. The van der Waals surface area contributed by atoms with Gasteiger partial charge in [-0.15, -0.1) is 0 Å². The van der Waals surface area contributed by atoms with Gasteiger partial charge >= 0.3 is 0 Å². The monoisotopic (exact) mass is 205 g/mol. The van der Waals surface area contributed by atoms with Crippen LogP contribution in [0.4, 0.5) is 0 Å². The molecule has 1 fully saturated rings. The molecule has 0 N–H and O–H groups in total. The number of rotatable bonds is 2. The van der Waals surface area contributed by atoms with Crippen LogP contribution in [0.2, 0.25) is 0 Å². The van der Waals surface area contributed by atoms with Gasteiger partial charge in [-0.05, 0) is 12.8 Å². The Morgan fingerprint density at radius 1 is 1.30 bits per heavy atom. The summed E-state index contributed by atoms with van der Waals surface area (Å²) < 4.78 is 5.21. The minimum atomic E-state index is 0.194. The quantitative estimate of drug-likeness (QED) is 0.631. The molecule has 1 aliphatic rings. The molecule has 0 heterocycles. The molecule has 1 nitrogen and oxygen atoms in total. The van der Waals surface area contributed by atoms with Crippen LogP contribution >= 0.6 is 15.9 Å². The van der Waals surface area contributed by atoms with Crippen molar-refractivity contribution in [1.29, 1.82) is 0 Å². The number of alkyl halides is 1. The van der Waals surface area contributed by atoms with Crippen LogP contribution in [0.1, 0.15) is 32.1 Å². The van der Waals surface area contributed by atoms with Gasteiger partial charge in [-0.3, -0.25) is 0 Å². The van der Waals surface area contributed by atoms with E-state index in [0.29, 0.717) is 0 Å². The maximum Gasteiger partial charge on any atom is 0.0999 e. The van der Waals surface area contributed by atoms with Gasteiger partial charge in [0.15, 0.2) is 0 Å². The zero-order valence-electron chi connectivity index (χ0n) is 6.40. The van der Waals surface area contributed by atoms with Crippen molar-refractivity contribution in [1.82, 2.24) is 0 Å². The first-order valence-electron chi connectivity index (χ1n) is 3.83. The van der Waals surface area contributed by atoms with E-state index in [9.17, 15) is 0 Å². The second-order valence-electron chi connectivity index (χ2n) is 2.95. The minimum absolute atomic E-state index is 0.194. The average molecular weight is 206 g/mol. The Labute approximate surface area is 71.3 Å². The molecular weight excluding hydrogens is 192 g/mol. The molecule has 0 bridgehead atoms. The number of hydrogen-bond acceptors (Lipinski definition) is 1. The Balaban J connectivity index is 2.32. The fourth-order valence-corrected chi connectivity index (χ4v) is 2.22. The van der Waals surface area contributed by atoms with Gasteiger partial charge in [0.2, 0.25) is 0 Å². The zero-order chi connectivity index (χ0) is 7.45. The highest BCUT2D eigenvalue weighted by molar-refractivity contribution is 9.10. The molecule has 10 heavy (non-hydrogen) atoms. The van der Waals surface area contributed by atoms with Gasteiger partial charge in [-0.2, -0.15) is 0 Å². The number of hydrogen-bond donors (Lipinski definition) is 0. The van der Waals surface area contributed by atoms with Gasteiger partial charge < -0.3 is 4.74 Å². The fraction of sp³-hybridized carbons (Fsp3) is 0.875. The first-order chi connectivity index (χ1) is 4.77. The van der Waals surface area contributed by atoms with Crippen molar-refractivity contribution in [3.05, 3.63) is 6.61 Å². The van der Waals surface area contributed by atoms with Crippen molar-refractivity contribution in [2.24, 2.45) is 0 Å². The van der Waals surface area contributed by atoms with Crippen LogP contribution in [0.5, 0.6) is 0 Å². The molecule has 0 aromatic rings. The van der Waals surface area contributed by atoms with Crippen molar-refractivity contribution in [3.63, 3.8) is 0 Å². The predicted molar refractivity (Wildman–Crippen MR) is 46.1 cm³/mol. The summed E-state index contributed by atoms with van der Waals surface area (Å²) in [7, 11) is 1.72. The van der Waals surface area contributed by atoms with E-state index in [4.69, 9.17) is 4.74 Å². The first-order valence-corrected chi connectivity index (χ1v) is 4.62. The van der Waals surface area contributed by atoms with E-state index >= 15 is 0 Å². The molecule has 1 aliphatic carbocycles. The van der Waals surface area contributed by atoms with Crippen LogP contribution in [-0.2, 0) is 4.74 Å². The molecule has 0 aromatic heterocycles. The molecule has 0 aromatic carbocycles. The van der Waals surface area contributed by atoms with E-state index in [2.05, 4.69) is 15.9 Å². The van der Waals surface area contributed by atoms with Crippen molar-refractivity contribution >= 4 is 15.9 Å². The molecule has 0 aliphatic heterocycles. The van der Waals surface area contributed by atoms with E-state index in [1.54, 1.807) is 7.11 Å². The minimum Gasteiger partial charge on any atom is -0.377 e. The summed E-state index contributed by atoms with van der Waals surface area (Å²) in [4.78, 5) is 0.